The van der Waals surface area contributed by atoms with Crippen LogP contribution in [0.3, 0.4) is 0 Å². The third-order valence-electron chi connectivity index (χ3n) is 6.07. The van der Waals surface area contributed by atoms with E-state index in [-0.39, 0.29) is 35.8 Å². The molecule has 0 bridgehead atoms. The summed E-state index contributed by atoms with van der Waals surface area (Å²) in [5, 5.41) is 19.3. The number of nitrogens with one attached hydrogen (secondary N) is 3. The largest absolute Gasteiger partial charge is 0.451 e. The maximum atomic E-state index is 13.0. The molecule has 4 rings (SSSR count). The number of aliphatic hydroxyl groups is 1. The van der Waals surface area contributed by atoms with Gasteiger partial charge in [0.15, 0.2) is 0 Å². The summed E-state index contributed by atoms with van der Waals surface area (Å²) in [6, 6.07) is 14.2. The smallest absolute Gasteiger partial charge is 0.339 e. The average molecular weight is 505 g/mol. The average Bonchev–Trinajstić information content (AvgIpc) is 3.10. The number of hydrogen-bond donors (Lipinski definition) is 4. The van der Waals surface area contributed by atoms with Gasteiger partial charge < -0.3 is 30.7 Å². The predicted molar refractivity (Wildman–Crippen MR) is 141 cm³/mol. The Balaban J connectivity index is 1.63. The van der Waals surface area contributed by atoms with Crippen LogP contribution in [-0.2, 0) is 10.3 Å². The molecule has 0 saturated heterocycles. The van der Waals surface area contributed by atoms with Crippen molar-refractivity contribution in [3.63, 3.8) is 0 Å². The number of nitrogens with zero attached hydrogens (tertiary/aromatic N) is 3. The number of anilines is 3. The van der Waals surface area contributed by atoms with E-state index in [1.807, 2.05) is 69.2 Å². The van der Waals surface area contributed by atoms with E-state index < -0.39 is 11.6 Å². The number of esters is 1. The number of aliphatic hydroxyl groups excluding tert-OH is 1. The summed E-state index contributed by atoms with van der Waals surface area (Å²) in [6.07, 6.45) is 1.45. The van der Waals surface area contributed by atoms with E-state index in [0.717, 1.165) is 11.1 Å². The standard InChI is InChI=1S/C27H32N6O4/c1-27(2)21-14-18(10-11-19(21)25(36)37-27)30-26-29-15-20(24(35)28-12-13-33(3)4)23(32-26)31-22(16-34)17-8-6-5-7-9-17/h5-11,14-15,22,34H,12-13,16H2,1-4H3,(H,28,35)(H2,29,30,31,32)/t22-/m1/s1. The van der Waals surface area contributed by atoms with Gasteiger partial charge in [-0.15, -0.1) is 0 Å². The first kappa shape index (κ1) is 26.1. The van der Waals surface area contributed by atoms with Crippen LogP contribution in [0.15, 0.2) is 54.7 Å². The summed E-state index contributed by atoms with van der Waals surface area (Å²) in [6.45, 7) is 4.60. The van der Waals surface area contributed by atoms with Crippen molar-refractivity contribution in [1.82, 2.24) is 20.2 Å². The highest BCUT2D eigenvalue weighted by Crippen LogP contribution is 2.37. The van der Waals surface area contributed by atoms with Gasteiger partial charge in [-0.3, -0.25) is 4.79 Å². The first-order valence-corrected chi connectivity index (χ1v) is 12.0. The van der Waals surface area contributed by atoms with Crippen molar-refractivity contribution in [1.29, 1.82) is 0 Å². The normalized spacial score (nSPS) is 14.6. The quantitative estimate of drug-likeness (QED) is 0.308. The molecule has 1 aromatic heterocycles. The molecule has 194 valence electrons. The Kier molecular flexibility index (Phi) is 7.70. The minimum absolute atomic E-state index is 0.202. The molecule has 10 nitrogen and oxygen atoms in total. The van der Waals surface area contributed by atoms with Crippen LogP contribution in [0.4, 0.5) is 17.5 Å². The van der Waals surface area contributed by atoms with Crippen LogP contribution in [0, 0.1) is 0 Å². The maximum Gasteiger partial charge on any atom is 0.339 e. The number of rotatable bonds is 10. The lowest BCUT2D eigenvalue weighted by Crippen LogP contribution is -2.32. The summed E-state index contributed by atoms with van der Waals surface area (Å²) in [4.78, 5) is 36.0. The Hall–Kier alpha value is -4.02. The van der Waals surface area contributed by atoms with Gasteiger partial charge in [-0.2, -0.15) is 4.98 Å². The lowest BCUT2D eigenvalue weighted by atomic mass is 9.95. The molecule has 0 unspecified atom stereocenters. The molecule has 0 fully saturated rings. The second-order valence-electron chi connectivity index (χ2n) is 9.59. The molecule has 4 N–H and O–H groups in total. The van der Waals surface area contributed by atoms with Crippen LogP contribution < -0.4 is 16.0 Å². The molecule has 0 aliphatic carbocycles. The van der Waals surface area contributed by atoms with Crippen LogP contribution in [0.5, 0.6) is 0 Å². The SMILES string of the molecule is CN(C)CCNC(=O)c1cnc(Nc2ccc3c(c2)C(C)(C)OC3=O)nc1N[C@H](CO)c1ccccc1. The molecular weight excluding hydrogens is 472 g/mol. The lowest BCUT2D eigenvalue weighted by Gasteiger charge is -2.20. The summed E-state index contributed by atoms with van der Waals surface area (Å²) in [5.41, 5.74) is 2.33. The molecule has 0 saturated carbocycles. The number of carbonyl (C=O) groups excluding carboxylic acids is 2. The summed E-state index contributed by atoms with van der Waals surface area (Å²) >= 11 is 0. The summed E-state index contributed by atoms with van der Waals surface area (Å²) in [7, 11) is 3.85. The minimum Gasteiger partial charge on any atom is -0.451 e. The molecule has 1 aliphatic rings. The molecule has 10 heteroatoms. The fourth-order valence-electron chi connectivity index (χ4n) is 4.06. The van der Waals surface area contributed by atoms with Gasteiger partial charge in [0.1, 0.15) is 17.0 Å². The monoisotopic (exact) mass is 504 g/mol. The molecule has 1 aliphatic heterocycles. The Morgan fingerprint density at radius 2 is 1.92 bits per heavy atom. The molecule has 37 heavy (non-hydrogen) atoms. The van der Waals surface area contributed by atoms with E-state index in [4.69, 9.17) is 4.74 Å². The predicted octanol–water partition coefficient (Wildman–Crippen LogP) is 3.06. The fourth-order valence-corrected chi connectivity index (χ4v) is 4.06. The second kappa shape index (κ2) is 10.9. The van der Waals surface area contributed by atoms with Gasteiger partial charge in [0.2, 0.25) is 5.95 Å². The van der Waals surface area contributed by atoms with Gasteiger partial charge in [0.05, 0.1) is 18.2 Å². The molecule has 2 aromatic carbocycles. The Morgan fingerprint density at radius 1 is 1.16 bits per heavy atom. The Bertz CT molecular complexity index is 1280. The highest BCUT2D eigenvalue weighted by Gasteiger charge is 2.37. The number of ether oxygens (including phenoxy) is 1. The van der Waals surface area contributed by atoms with Gasteiger partial charge in [0, 0.05) is 30.5 Å². The van der Waals surface area contributed by atoms with Gasteiger partial charge in [-0.1, -0.05) is 30.3 Å². The number of benzene rings is 2. The zero-order valence-electron chi connectivity index (χ0n) is 21.4. The Morgan fingerprint density at radius 3 is 2.62 bits per heavy atom. The van der Waals surface area contributed by atoms with Crippen LogP contribution in [0.2, 0.25) is 0 Å². The number of carbonyl (C=O) groups is 2. The van der Waals surface area contributed by atoms with Gasteiger partial charge in [-0.05, 0) is 51.7 Å². The Labute approximate surface area is 216 Å². The van der Waals surface area contributed by atoms with Crippen molar-refractivity contribution in [2.24, 2.45) is 0 Å². The molecule has 1 atom stereocenters. The third-order valence-corrected chi connectivity index (χ3v) is 6.07. The zero-order chi connectivity index (χ0) is 26.6. The number of cyclic esters (lactones) is 1. The topological polar surface area (TPSA) is 129 Å². The number of likely N-dealkylation sites (N-methyl/N-ethyl adjacent to an activating group) is 1. The van der Waals surface area contributed by atoms with E-state index in [9.17, 15) is 14.7 Å². The van der Waals surface area contributed by atoms with Crippen molar-refractivity contribution < 1.29 is 19.4 Å². The van der Waals surface area contributed by atoms with Crippen molar-refractivity contribution in [2.45, 2.75) is 25.5 Å². The minimum atomic E-state index is -0.740. The summed E-state index contributed by atoms with van der Waals surface area (Å²) < 4.78 is 5.45. The highest BCUT2D eigenvalue weighted by molar-refractivity contribution is 5.99. The zero-order valence-corrected chi connectivity index (χ0v) is 21.4. The van der Waals surface area contributed by atoms with Crippen LogP contribution >= 0.6 is 0 Å². The molecule has 0 spiro atoms. The van der Waals surface area contributed by atoms with Gasteiger partial charge in [-0.25, -0.2) is 9.78 Å². The first-order chi connectivity index (χ1) is 17.7. The van der Waals surface area contributed by atoms with Gasteiger partial charge in [0.25, 0.3) is 5.91 Å². The molecule has 3 aromatic rings. The van der Waals surface area contributed by atoms with E-state index >= 15 is 0 Å². The first-order valence-electron chi connectivity index (χ1n) is 12.0. The molecular formula is C27H32N6O4. The van der Waals surface area contributed by atoms with Crippen molar-refractivity contribution in [3.05, 3.63) is 77.0 Å². The third kappa shape index (κ3) is 6.04. The number of amides is 1. The van der Waals surface area contributed by atoms with Gasteiger partial charge >= 0.3 is 5.97 Å². The van der Waals surface area contributed by atoms with Crippen molar-refractivity contribution >= 4 is 29.3 Å². The number of fused-ring (bicyclic) bond motifs is 1. The fraction of sp³-hybridized carbons (Fsp3) is 0.333. The van der Waals surface area contributed by atoms with E-state index in [1.165, 1.54) is 6.20 Å². The lowest BCUT2D eigenvalue weighted by molar-refractivity contribution is 0.00953. The molecule has 0 radical (unpaired) electrons. The van der Waals surface area contributed by atoms with Crippen LogP contribution in [-0.4, -0.2) is 65.6 Å². The number of aromatic nitrogens is 2. The van der Waals surface area contributed by atoms with Crippen LogP contribution in [0.1, 0.15) is 51.7 Å². The summed E-state index contributed by atoms with van der Waals surface area (Å²) in [5.74, 6) is -0.145. The van der Waals surface area contributed by atoms with Crippen LogP contribution in [0.25, 0.3) is 0 Å². The maximum absolute atomic E-state index is 13.0. The van der Waals surface area contributed by atoms with E-state index in [0.29, 0.717) is 24.3 Å². The van der Waals surface area contributed by atoms with Crippen molar-refractivity contribution in [2.75, 3.05) is 44.4 Å². The van der Waals surface area contributed by atoms with E-state index in [2.05, 4.69) is 25.9 Å². The number of hydrogen-bond acceptors (Lipinski definition) is 9. The molecule has 2 heterocycles. The second-order valence-corrected chi connectivity index (χ2v) is 9.59. The molecule has 1 amide bonds. The highest BCUT2D eigenvalue weighted by atomic mass is 16.6. The van der Waals surface area contributed by atoms with E-state index in [1.54, 1.807) is 12.1 Å². The van der Waals surface area contributed by atoms with Crippen molar-refractivity contribution in [3.8, 4) is 0 Å².